The third-order valence-electron chi connectivity index (χ3n) is 4.98. The Labute approximate surface area is 184 Å². The van der Waals surface area contributed by atoms with Gasteiger partial charge >= 0.3 is 0 Å². The lowest BCUT2D eigenvalue weighted by atomic mass is 9.98. The van der Waals surface area contributed by atoms with Crippen LogP contribution >= 0.6 is 0 Å². The maximum Gasteiger partial charge on any atom is 0.251 e. The number of carbonyl (C=O) groups excluding carboxylic acids is 2. The highest BCUT2D eigenvalue weighted by Gasteiger charge is 2.10. The van der Waals surface area contributed by atoms with Crippen LogP contribution in [0.25, 0.3) is 11.1 Å². The largest absolute Gasteiger partial charge is 0.350 e. The summed E-state index contributed by atoms with van der Waals surface area (Å²) < 4.78 is 0. The zero-order chi connectivity index (χ0) is 22.2. The maximum atomic E-state index is 12.3. The standard InChI is InChI=1S/C26H29N3O2/c1-19-8-12-22(13-9-19)26(31)28-17-25(30)27-16-23-6-4-5-7-24(23)21-14-10-20(11-15-21)18-29(2)3/h4-15H,16-18H2,1-3H3,(H,27,30)(H,28,31). The van der Waals surface area contributed by atoms with Crippen molar-refractivity contribution in [3.8, 4) is 11.1 Å². The molecule has 5 heteroatoms. The van der Waals surface area contributed by atoms with Crippen LogP contribution in [0, 0.1) is 6.92 Å². The quantitative estimate of drug-likeness (QED) is 0.589. The van der Waals surface area contributed by atoms with Gasteiger partial charge in [0.05, 0.1) is 6.54 Å². The molecule has 31 heavy (non-hydrogen) atoms. The molecule has 0 fully saturated rings. The molecule has 0 saturated carbocycles. The van der Waals surface area contributed by atoms with E-state index in [9.17, 15) is 9.59 Å². The van der Waals surface area contributed by atoms with Crippen LogP contribution in [0.4, 0.5) is 0 Å². The van der Waals surface area contributed by atoms with Crippen LogP contribution < -0.4 is 10.6 Å². The predicted octanol–water partition coefficient (Wildman–Crippen LogP) is 3.77. The Morgan fingerprint density at radius 1 is 0.839 bits per heavy atom. The number of rotatable bonds is 8. The average molecular weight is 416 g/mol. The molecule has 0 spiro atoms. The van der Waals surface area contributed by atoms with Crippen molar-refractivity contribution in [2.24, 2.45) is 0 Å². The van der Waals surface area contributed by atoms with E-state index in [0.717, 1.165) is 28.8 Å². The molecule has 2 amide bonds. The van der Waals surface area contributed by atoms with Crippen LogP contribution in [0.15, 0.2) is 72.8 Å². The van der Waals surface area contributed by atoms with E-state index in [1.54, 1.807) is 12.1 Å². The minimum Gasteiger partial charge on any atom is -0.350 e. The fourth-order valence-corrected chi connectivity index (χ4v) is 3.33. The van der Waals surface area contributed by atoms with Crippen LogP contribution in [0.1, 0.15) is 27.0 Å². The molecule has 0 aliphatic heterocycles. The molecule has 0 saturated heterocycles. The smallest absolute Gasteiger partial charge is 0.251 e. The number of hydrogen-bond acceptors (Lipinski definition) is 3. The number of hydrogen-bond donors (Lipinski definition) is 2. The topological polar surface area (TPSA) is 61.4 Å². The van der Waals surface area contributed by atoms with Crippen molar-refractivity contribution in [1.82, 2.24) is 15.5 Å². The monoisotopic (exact) mass is 415 g/mol. The van der Waals surface area contributed by atoms with Gasteiger partial charge < -0.3 is 15.5 Å². The summed E-state index contributed by atoms with van der Waals surface area (Å²) in [6.45, 7) is 3.19. The maximum absolute atomic E-state index is 12.3. The van der Waals surface area contributed by atoms with Gasteiger partial charge in [0.25, 0.3) is 5.91 Å². The minimum atomic E-state index is -0.256. The molecule has 0 bridgehead atoms. The zero-order valence-electron chi connectivity index (χ0n) is 18.3. The Bertz CT molecular complexity index is 1030. The number of nitrogens with zero attached hydrogens (tertiary/aromatic N) is 1. The second-order valence-corrected chi connectivity index (χ2v) is 7.92. The molecule has 160 valence electrons. The Morgan fingerprint density at radius 2 is 1.52 bits per heavy atom. The van der Waals surface area contributed by atoms with E-state index in [0.29, 0.717) is 12.1 Å². The van der Waals surface area contributed by atoms with E-state index in [2.05, 4.69) is 60.0 Å². The van der Waals surface area contributed by atoms with E-state index < -0.39 is 0 Å². The normalized spacial score (nSPS) is 10.7. The molecular formula is C26H29N3O2. The predicted molar refractivity (Wildman–Crippen MR) is 125 cm³/mol. The fourth-order valence-electron chi connectivity index (χ4n) is 3.33. The SMILES string of the molecule is Cc1ccc(C(=O)NCC(=O)NCc2ccccc2-c2ccc(CN(C)C)cc2)cc1. The minimum absolute atomic E-state index is 0.0614. The van der Waals surface area contributed by atoms with Gasteiger partial charge in [0.2, 0.25) is 5.91 Å². The third-order valence-corrected chi connectivity index (χ3v) is 4.98. The van der Waals surface area contributed by atoms with Gasteiger partial charge in [-0.05, 0) is 55.4 Å². The summed E-state index contributed by atoms with van der Waals surface area (Å²) in [4.78, 5) is 26.6. The Morgan fingerprint density at radius 3 is 2.19 bits per heavy atom. The van der Waals surface area contributed by atoms with Gasteiger partial charge in [0.15, 0.2) is 0 Å². The molecule has 3 aromatic carbocycles. The van der Waals surface area contributed by atoms with Gasteiger partial charge in [-0.2, -0.15) is 0 Å². The molecule has 0 aromatic heterocycles. The lowest BCUT2D eigenvalue weighted by molar-refractivity contribution is -0.120. The summed E-state index contributed by atoms with van der Waals surface area (Å²) in [7, 11) is 4.10. The van der Waals surface area contributed by atoms with Crippen molar-refractivity contribution < 1.29 is 9.59 Å². The average Bonchev–Trinajstić information content (AvgIpc) is 2.77. The molecule has 2 N–H and O–H groups in total. The van der Waals surface area contributed by atoms with Crippen LogP contribution in [0.2, 0.25) is 0 Å². The number of benzene rings is 3. The molecule has 0 unspecified atom stereocenters. The van der Waals surface area contributed by atoms with Crippen LogP contribution in [-0.2, 0) is 17.9 Å². The molecule has 0 aliphatic rings. The molecule has 3 rings (SSSR count). The zero-order valence-corrected chi connectivity index (χ0v) is 18.3. The van der Waals surface area contributed by atoms with E-state index in [4.69, 9.17) is 0 Å². The summed E-state index contributed by atoms with van der Waals surface area (Å²) in [5.41, 5.74) is 6.11. The summed E-state index contributed by atoms with van der Waals surface area (Å²) >= 11 is 0. The van der Waals surface area contributed by atoms with Crippen molar-refractivity contribution in [1.29, 1.82) is 0 Å². The first-order valence-corrected chi connectivity index (χ1v) is 10.4. The Balaban J connectivity index is 1.57. The van der Waals surface area contributed by atoms with E-state index in [-0.39, 0.29) is 18.4 Å². The third kappa shape index (κ3) is 6.52. The lowest BCUT2D eigenvalue weighted by Crippen LogP contribution is -2.36. The first kappa shape index (κ1) is 22.2. The van der Waals surface area contributed by atoms with E-state index in [1.165, 1.54) is 5.56 Å². The van der Waals surface area contributed by atoms with Crippen LogP contribution in [0.5, 0.6) is 0 Å². The number of amides is 2. The fraction of sp³-hybridized carbons (Fsp3) is 0.231. The molecule has 0 radical (unpaired) electrons. The molecule has 3 aromatic rings. The molecule has 0 heterocycles. The number of carbonyl (C=O) groups is 2. The van der Waals surface area contributed by atoms with Crippen molar-refractivity contribution >= 4 is 11.8 Å². The van der Waals surface area contributed by atoms with Crippen LogP contribution in [-0.4, -0.2) is 37.4 Å². The lowest BCUT2D eigenvalue weighted by Gasteiger charge is -2.13. The Kier molecular flexibility index (Phi) is 7.57. The Hall–Kier alpha value is -3.44. The van der Waals surface area contributed by atoms with Crippen molar-refractivity contribution in [2.45, 2.75) is 20.0 Å². The summed E-state index contributed by atoms with van der Waals surface area (Å²) in [5.74, 6) is -0.482. The van der Waals surface area contributed by atoms with E-state index in [1.807, 2.05) is 37.3 Å². The molecule has 5 nitrogen and oxygen atoms in total. The molecule has 0 atom stereocenters. The van der Waals surface area contributed by atoms with Gasteiger partial charge in [-0.15, -0.1) is 0 Å². The highest BCUT2D eigenvalue weighted by atomic mass is 16.2. The molecule has 0 aliphatic carbocycles. The van der Waals surface area contributed by atoms with Gasteiger partial charge in [0, 0.05) is 18.7 Å². The summed E-state index contributed by atoms with van der Waals surface area (Å²) in [5, 5.41) is 5.57. The van der Waals surface area contributed by atoms with Gasteiger partial charge in [-0.25, -0.2) is 0 Å². The van der Waals surface area contributed by atoms with Gasteiger partial charge in [-0.1, -0.05) is 66.2 Å². The molecular weight excluding hydrogens is 386 g/mol. The second kappa shape index (κ2) is 10.5. The second-order valence-electron chi connectivity index (χ2n) is 7.92. The summed E-state index contributed by atoms with van der Waals surface area (Å²) in [6.07, 6.45) is 0. The number of nitrogens with one attached hydrogen (secondary N) is 2. The van der Waals surface area contributed by atoms with Gasteiger partial charge in [-0.3, -0.25) is 9.59 Å². The van der Waals surface area contributed by atoms with Crippen molar-refractivity contribution in [2.75, 3.05) is 20.6 Å². The first-order chi connectivity index (χ1) is 14.9. The van der Waals surface area contributed by atoms with Crippen molar-refractivity contribution in [3.63, 3.8) is 0 Å². The van der Waals surface area contributed by atoms with Gasteiger partial charge in [0.1, 0.15) is 0 Å². The van der Waals surface area contributed by atoms with Crippen molar-refractivity contribution in [3.05, 3.63) is 95.1 Å². The summed E-state index contributed by atoms with van der Waals surface area (Å²) in [6, 6.07) is 23.8. The van der Waals surface area contributed by atoms with E-state index >= 15 is 0 Å². The highest BCUT2D eigenvalue weighted by molar-refractivity contribution is 5.96. The van der Waals surface area contributed by atoms with Crippen LogP contribution in [0.3, 0.4) is 0 Å². The first-order valence-electron chi connectivity index (χ1n) is 10.4. The number of aryl methyl sites for hydroxylation is 1. The highest BCUT2D eigenvalue weighted by Crippen LogP contribution is 2.24.